The van der Waals surface area contributed by atoms with Gasteiger partial charge in [0, 0.05) is 24.5 Å². The van der Waals surface area contributed by atoms with Gasteiger partial charge in [0.25, 0.3) is 0 Å². The van der Waals surface area contributed by atoms with E-state index < -0.39 is 12.0 Å². The van der Waals surface area contributed by atoms with Crippen LogP contribution in [0.5, 0.6) is 0 Å². The number of halogens is 1. The average Bonchev–Trinajstić information content (AvgIpc) is 2.68. The maximum Gasteiger partial charge on any atom is 0.322 e. The molecule has 142 valence electrons. The lowest BCUT2D eigenvalue weighted by atomic mass is 10.0. The smallest absolute Gasteiger partial charge is 0.322 e. The predicted molar refractivity (Wildman–Crippen MR) is 105 cm³/mol. The Labute approximate surface area is 157 Å². The highest BCUT2D eigenvalue weighted by Gasteiger charge is 2.13. The number of allylic oxidation sites excluding steroid dienone is 1. The Morgan fingerprint density at radius 3 is 2.52 bits per heavy atom. The number of nitrogens with two attached hydrogens (primary N) is 3. The van der Waals surface area contributed by atoms with Crippen LogP contribution >= 0.6 is 0 Å². The number of ether oxygens (including phenoxy) is 1. The number of hydrogen-bond acceptors (Lipinski definition) is 6. The Hall–Kier alpha value is -3.03. The van der Waals surface area contributed by atoms with Crippen molar-refractivity contribution in [3.05, 3.63) is 71.2 Å². The van der Waals surface area contributed by atoms with E-state index in [9.17, 15) is 9.18 Å². The number of rotatable bonds is 7. The van der Waals surface area contributed by atoms with Gasteiger partial charge in [-0.2, -0.15) is 0 Å². The molecule has 1 unspecified atom stereocenters. The van der Waals surface area contributed by atoms with Crippen LogP contribution in [0.4, 0.5) is 10.1 Å². The second-order valence-electron chi connectivity index (χ2n) is 5.93. The maximum absolute atomic E-state index is 13.7. The molecule has 0 aliphatic carbocycles. The van der Waals surface area contributed by atoms with Crippen LogP contribution in [-0.2, 0) is 22.5 Å². The molecule has 2 rings (SSSR count). The number of benzene rings is 2. The fourth-order valence-corrected chi connectivity index (χ4v) is 2.50. The molecule has 0 radical (unpaired) electrons. The summed E-state index contributed by atoms with van der Waals surface area (Å²) in [4.78, 5) is 15.7. The fourth-order valence-electron chi connectivity index (χ4n) is 2.50. The van der Waals surface area contributed by atoms with E-state index in [0.29, 0.717) is 28.8 Å². The van der Waals surface area contributed by atoms with Crippen molar-refractivity contribution < 1.29 is 13.9 Å². The van der Waals surface area contributed by atoms with Crippen molar-refractivity contribution in [2.24, 2.45) is 22.2 Å². The van der Waals surface area contributed by atoms with Crippen molar-refractivity contribution in [3.63, 3.8) is 0 Å². The fraction of sp³-hybridized carbons (Fsp3) is 0.200. The van der Waals surface area contributed by atoms with E-state index in [4.69, 9.17) is 17.2 Å². The molecule has 6 N–H and O–H groups in total. The van der Waals surface area contributed by atoms with Crippen molar-refractivity contribution in [3.8, 4) is 0 Å². The van der Waals surface area contributed by atoms with Crippen LogP contribution in [0.1, 0.15) is 16.7 Å². The summed E-state index contributed by atoms with van der Waals surface area (Å²) in [6, 6.07) is 11.1. The van der Waals surface area contributed by atoms with E-state index in [-0.39, 0.29) is 12.4 Å². The normalized spacial score (nSPS) is 13.0. The largest absolute Gasteiger partial charge is 0.468 e. The van der Waals surface area contributed by atoms with Gasteiger partial charge in [0.1, 0.15) is 11.9 Å². The molecule has 6 nitrogen and oxygen atoms in total. The zero-order chi connectivity index (χ0) is 19.8. The molecule has 0 aromatic heterocycles. The molecule has 0 amide bonds. The zero-order valence-electron chi connectivity index (χ0n) is 15.1. The molecule has 0 aliphatic heterocycles. The number of nitrogens with zero attached hydrogens (tertiary/aromatic N) is 1. The molecule has 0 saturated carbocycles. The first-order chi connectivity index (χ1) is 13.0. The number of methoxy groups -OCH3 is 1. The lowest BCUT2D eigenvalue weighted by Crippen LogP contribution is -2.33. The highest BCUT2D eigenvalue weighted by Crippen LogP contribution is 2.19. The number of carbonyl (C=O) groups is 1. The zero-order valence-corrected chi connectivity index (χ0v) is 15.1. The number of aliphatic imine (C=N–C) groups is 1. The van der Waals surface area contributed by atoms with Crippen molar-refractivity contribution >= 4 is 23.4 Å². The number of hydrogen-bond donors (Lipinski definition) is 3. The first kappa shape index (κ1) is 20.3. The quantitative estimate of drug-likeness (QED) is 0.509. The number of carbonyl (C=O) groups excluding carboxylic acids is 1. The highest BCUT2D eigenvalue weighted by atomic mass is 19.1. The van der Waals surface area contributed by atoms with Gasteiger partial charge in [-0.25, -0.2) is 4.39 Å². The Morgan fingerprint density at radius 1 is 1.22 bits per heavy atom. The van der Waals surface area contributed by atoms with Crippen molar-refractivity contribution in [1.82, 2.24) is 0 Å². The minimum Gasteiger partial charge on any atom is -0.468 e. The van der Waals surface area contributed by atoms with Crippen LogP contribution in [0.2, 0.25) is 0 Å². The van der Waals surface area contributed by atoms with Crippen LogP contribution in [0.15, 0.2) is 53.7 Å². The minimum absolute atomic E-state index is 0.231. The van der Waals surface area contributed by atoms with Gasteiger partial charge in [0.15, 0.2) is 0 Å². The third kappa shape index (κ3) is 5.73. The van der Waals surface area contributed by atoms with Gasteiger partial charge in [-0.3, -0.25) is 9.79 Å². The van der Waals surface area contributed by atoms with Crippen LogP contribution < -0.4 is 17.2 Å². The first-order valence-corrected chi connectivity index (χ1v) is 8.35. The highest BCUT2D eigenvalue weighted by molar-refractivity contribution is 6.10. The molecule has 0 aliphatic rings. The van der Waals surface area contributed by atoms with Crippen LogP contribution in [-0.4, -0.2) is 25.3 Å². The van der Waals surface area contributed by atoms with Crippen molar-refractivity contribution in [1.29, 1.82) is 0 Å². The summed E-state index contributed by atoms with van der Waals surface area (Å²) >= 11 is 0. The second kappa shape index (κ2) is 9.61. The van der Waals surface area contributed by atoms with E-state index >= 15 is 0 Å². The Bertz CT molecular complexity index is 848. The Balaban J connectivity index is 2.12. The summed E-state index contributed by atoms with van der Waals surface area (Å²) in [5.74, 6) is -0.839. The molecule has 0 saturated heterocycles. The molecule has 0 heterocycles. The Kier molecular flexibility index (Phi) is 7.22. The maximum atomic E-state index is 13.7. The van der Waals surface area contributed by atoms with E-state index in [1.807, 2.05) is 12.1 Å². The van der Waals surface area contributed by atoms with Gasteiger partial charge in [-0.1, -0.05) is 12.1 Å². The molecular formula is C20H23FN4O2. The molecule has 27 heavy (non-hydrogen) atoms. The van der Waals surface area contributed by atoms with Crippen LogP contribution in [0, 0.1) is 5.82 Å². The molecule has 2 aromatic rings. The average molecular weight is 370 g/mol. The topological polar surface area (TPSA) is 117 Å². The van der Waals surface area contributed by atoms with E-state index in [2.05, 4.69) is 9.73 Å². The van der Waals surface area contributed by atoms with Gasteiger partial charge in [0.05, 0.1) is 12.8 Å². The minimum atomic E-state index is -0.708. The van der Waals surface area contributed by atoms with Crippen LogP contribution in [0.3, 0.4) is 0 Å². The van der Waals surface area contributed by atoms with Crippen molar-refractivity contribution in [2.75, 3.05) is 7.11 Å². The third-order valence-corrected chi connectivity index (χ3v) is 3.95. The van der Waals surface area contributed by atoms with Gasteiger partial charge in [-0.05, 0) is 53.4 Å². The molecule has 0 bridgehead atoms. The third-order valence-electron chi connectivity index (χ3n) is 3.95. The van der Waals surface area contributed by atoms with Gasteiger partial charge < -0.3 is 21.9 Å². The predicted octanol–water partition coefficient (Wildman–Crippen LogP) is 2.03. The molecule has 1 atom stereocenters. The molecule has 2 aromatic carbocycles. The number of esters is 1. The molecule has 7 heteroatoms. The first-order valence-electron chi connectivity index (χ1n) is 8.35. The summed E-state index contributed by atoms with van der Waals surface area (Å²) in [5, 5.41) is 0. The van der Waals surface area contributed by atoms with E-state index in [1.54, 1.807) is 24.4 Å². The summed E-state index contributed by atoms with van der Waals surface area (Å²) in [6.45, 7) is 0.231. The summed E-state index contributed by atoms with van der Waals surface area (Å²) in [5.41, 5.74) is 20.4. The van der Waals surface area contributed by atoms with E-state index in [1.165, 1.54) is 25.4 Å². The second-order valence-corrected chi connectivity index (χ2v) is 5.93. The lowest BCUT2D eigenvalue weighted by molar-refractivity contribution is -0.142. The summed E-state index contributed by atoms with van der Waals surface area (Å²) in [7, 11) is 1.30. The van der Waals surface area contributed by atoms with Gasteiger partial charge in [0.2, 0.25) is 0 Å². The SMILES string of the molecule is COC(=O)C(N)Cc1ccc(N=CC(=CN)c2cc(F)cc(CN)c2)cc1. The summed E-state index contributed by atoms with van der Waals surface area (Å²) < 4.78 is 18.3. The van der Waals surface area contributed by atoms with Crippen molar-refractivity contribution in [2.45, 2.75) is 19.0 Å². The lowest BCUT2D eigenvalue weighted by Gasteiger charge is -2.09. The van der Waals surface area contributed by atoms with Crippen LogP contribution in [0.25, 0.3) is 5.57 Å². The molecular weight excluding hydrogens is 347 g/mol. The Morgan fingerprint density at radius 2 is 1.93 bits per heavy atom. The molecule has 0 spiro atoms. The van der Waals surface area contributed by atoms with Gasteiger partial charge in [-0.15, -0.1) is 0 Å². The van der Waals surface area contributed by atoms with E-state index in [0.717, 1.165) is 5.56 Å². The monoisotopic (exact) mass is 370 g/mol. The molecule has 0 fully saturated rings. The van der Waals surface area contributed by atoms with Gasteiger partial charge >= 0.3 is 5.97 Å². The summed E-state index contributed by atoms with van der Waals surface area (Å²) in [6.07, 6.45) is 3.29. The standard InChI is InChI=1S/C20H23FN4O2/c1-27-20(26)19(24)8-13-2-4-18(5-3-13)25-12-16(11-23)15-6-14(10-22)7-17(21)9-15/h2-7,9,11-12,19H,8,10,22-24H2,1H3.